The third-order valence-electron chi connectivity index (χ3n) is 4.32. The van der Waals surface area contributed by atoms with Crippen LogP contribution in [0.3, 0.4) is 0 Å². The molecule has 0 unspecified atom stereocenters. The van der Waals surface area contributed by atoms with Crippen LogP contribution in [0.2, 0.25) is 5.02 Å². The van der Waals surface area contributed by atoms with Crippen LogP contribution in [0.1, 0.15) is 18.1 Å². The van der Waals surface area contributed by atoms with E-state index in [1.807, 2.05) is 19.9 Å². The summed E-state index contributed by atoms with van der Waals surface area (Å²) in [7, 11) is -3.64. The molecule has 2 aromatic carbocycles. The molecule has 6 nitrogen and oxygen atoms in total. The number of nitrogens with zero attached hydrogens (tertiary/aromatic N) is 1. The van der Waals surface area contributed by atoms with Gasteiger partial charge >= 0.3 is 0 Å². The predicted molar refractivity (Wildman–Crippen MR) is 113 cm³/mol. The Kier molecular flexibility index (Phi) is 7.32. The quantitative estimate of drug-likeness (QED) is 0.659. The second-order valence-corrected chi connectivity index (χ2v) is 8.89. The van der Waals surface area contributed by atoms with E-state index in [-0.39, 0.29) is 13.2 Å². The molecular weight excluding hydrogens is 400 g/mol. The minimum atomic E-state index is -3.64. The van der Waals surface area contributed by atoms with Crippen molar-refractivity contribution in [3.8, 4) is 5.75 Å². The van der Waals surface area contributed by atoms with Gasteiger partial charge in [-0.15, -0.1) is 0 Å². The summed E-state index contributed by atoms with van der Waals surface area (Å²) in [5.41, 5.74) is 2.47. The molecule has 2 rings (SSSR count). The molecule has 0 aromatic heterocycles. The van der Waals surface area contributed by atoms with E-state index >= 15 is 0 Å². The third kappa shape index (κ3) is 5.87. The summed E-state index contributed by atoms with van der Waals surface area (Å²) in [6.07, 6.45) is 1.09. The SMILES string of the molecule is Cc1ccc(N([C@@H](C)C(=O)NCCOc2ccc(Cl)cc2)S(C)(=O)=O)cc1C. The number of anilines is 1. The van der Waals surface area contributed by atoms with Crippen molar-refractivity contribution in [2.45, 2.75) is 26.8 Å². The number of benzene rings is 2. The van der Waals surface area contributed by atoms with Gasteiger partial charge in [0.05, 0.1) is 18.5 Å². The molecule has 0 heterocycles. The first-order chi connectivity index (χ1) is 13.1. The van der Waals surface area contributed by atoms with Gasteiger partial charge in [-0.1, -0.05) is 17.7 Å². The van der Waals surface area contributed by atoms with E-state index in [0.717, 1.165) is 21.7 Å². The van der Waals surface area contributed by atoms with Gasteiger partial charge in [0, 0.05) is 5.02 Å². The zero-order valence-corrected chi connectivity index (χ0v) is 18.0. The maximum atomic E-state index is 12.5. The highest BCUT2D eigenvalue weighted by Crippen LogP contribution is 2.23. The third-order valence-corrected chi connectivity index (χ3v) is 5.81. The Hall–Kier alpha value is -2.25. The van der Waals surface area contributed by atoms with E-state index < -0.39 is 22.0 Å². The molecule has 0 fully saturated rings. The number of hydrogen-bond donors (Lipinski definition) is 1. The highest BCUT2D eigenvalue weighted by Gasteiger charge is 2.29. The topological polar surface area (TPSA) is 75.7 Å². The van der Waals surface area contributed by atoms with Gasteiger partial charge in [0.2, 0.25) is 15.9 Å². The zero-order chi connectivity index (χ0) is 20.9. The summed E-state index contributed by atoms with van der Waals surface area (Å²) in [6.45, 7) is 5.91. The van der Waals surface area contributed by atoms with Gasteiger partial charge in [-0.05, 0) is 68.3 Å². The average Bonchev–Trinajstić information content (AvgIpc) is 2.62. The van der Waals surface area contributed by atoms with Crippen molar-refractivity contribution >= 4 is 33.2 Å². The number of carbonyl (C=O) groups excluding carboxylic acids is 1. The molecule has 0 aliphatic rings. The number of rotatable bonds is 8. The highest BCUT2D eigenvalue weighted by molar-refractivity contribution is 7.92. The van der Waals surface area contributed by atoms with Crippen molar-refractivity contribution in [3.05, 3.63) is 58.6 Å². The molecule has 1 atom stereocenters. The maximum absolute atomic E-state index is 12.5. The Morgan fingerprint density at radius 3 is 2.36 bits per heavy atom. The second-order valence-electron chi connectivity index (χ2n) is 6.60. The van der Waals surface area contributed by atoms with Crippen LogP contribution in [0.5, 0.6) is 5.75 Å². The van der Waals surface area contributed by atoms with E-state index in [4.69, 9.17) is 16.3 Å². The lowest BCUT2D eigenvalue weighted by atomic mass is 10.1. The molecule has 2 aromatic rings. The number of sulfonamides is 1. The Morgan fingerprint density at radius 1 is 1.14 bits per heavy atom. The lowest BCUT2D eigenvalue weighted by Gasteiger charge is -2.28. The van der Waals surface area contributed by atoms with Crippen LogP contribution in [0.25, 0.3) is 0 Å². The van der Waals surface area contributed by atoms with Gasteiger partial charge in [0.15, 0.2) is 0 Å². The predicted octanol–water partition coefficient (Wildman–Crippen LogP) is 3.31. The van der Waals surface area contributed by atoms with E-state index in [0.29, 0.717) is 16.5 Å². The Bertz CT molecular complexity index is 930. The van der Waals surface area contributed by atoms with Crippen LogP contribution in [0.15, 0.2) is 42.5 Å². The van der Waals surface area contributed by atoms with Crippen molar-refractivity contribution in [1.82, 2.24) is 5.32 Å². The van der Waals surface area contributed by atoms with Crippen LogP contribution in [-0.4, -0.2) is 39.8 Å². The number of aryl methyl sites for hydroxylation is 2. The fourth-order valence-electron chi connectivity index (χ4n) is 2.69. The number of hydrogen-bond acceptors (Lipinski definition) is 4. The molecule has 0 bridgehead atoms. The molecule has 0 radical (unpaired) electrons. The van der Waals surface area contributed by atoms with Crippen molar-refractivity contribution in [1.29, 1.82) is 0 Å². The molecule has 28 heavy (non-hydrogen) atoms. The molecule has 0 saturated heterocycles. The summed E-state index contributed by atoms with van der Waals surface area (Å²) in [4.78, 5) is 12.5. The van der Waals surface area contributed by atoms with Gasteiger partial charge in [-0.3, -0.25) is 9.10 Å². The van der Waals surface area contributed by atoms with E-state index in [1.54, 1.807) is 43.3 Å². The molecule has 0 saturated carbocycles. The van der Waals surface area contributed by atoms with Crippen LogP contribution in [-0.2, 0) is 14.8 Å². The summed E-state index contributed by atoms with van der Waals surface area (Å²) < 4.78 is 31.3. The summed E-state index contributed by atoms with van der Waals surface area (Å²) in [6, 6.07) is 11.3. The lowest BCUT2D eigenvalue weighted by molar-refractivity contribution is -0.121. The lowest BCUT2D eigenvalue weighted by Crippen LogP contribution is -2.48. The van der Waals surface area contributed by atoms with Gasteiger partial charge in [0.25, 0.3) is 0 Å². The molecular formula is C20H25ClN2O4S. The zero-order valence-electron chi connectivity index (χ0n) is 16.4. The number of nitrogens with one attached hydrogen (secondary N) is 1. The standard InChI is InChI=1S/C20H25ClN2O4S/c1-14-5-8-18(13-15(14)2)23(28(4,25)26)16(3)20(24)22-11-12-27-19-9-6-17(21)7-10-19/h5-10,13,16H,11-12H2,1-4H3,(H,22,24)/t16-/m0/s1. The monoisotopic (exact) mass is 424 g/mol. The first-order valence-electron chi connectivity index (χ1n) is 8.82. The van der Waals surface area contributed by atoms with Crippen molar-refractivity contribution < 1.29 is 17.9 Å². The summed E-state index contributed by atoms with van der Waals surface area (Å²) >= 11 is 5.82. The molecule has 8 heteroatoms. The highest BCUT2D eigenvalue weighted by atomic mass is 35.5. The number of carbonyl (C=O) groups is 1. The molecule has 0 aliphatic heterocycles. The first-order valence-corrected chi connectivity index (χ1v) is 11.0. The van der Waals surface area contributed by atoms with Crippen LogP contribution < -0.4 is 14.4 Å². The van der Waals surface area contributed by atoms with Crippen LogP contribution >= 0.6 is 11.6 Å². The van der Waals surface area contributed by atoms with E-state index in [1.165, 1.54) is 0 Å². The fourth-order valence-corrected chi connectivity index (χ4v) is 3.99. The fraction of sp³-hybridized carbons (Fsp3) is 0.350. The number of amides is 1. The van der Waals surface area contributed by atoms with Crippen LogP contribution in [0, 0.1) is 13.8 Å². The van der Waals surface area contributed by atoms with E-state index in [2.05, 4.69) is 5.32 Å². The average molecular weight is 425 g/mol. The van der Waals surface area contributed by atoms with Gasteiger partial charge in [-0.25, -0.2) is 8.42 Å². The molecule has 0 spiro atoms. The van der Waals surface area contributed by atoms with Crippen molar-refractivity contribution in [2.24, 2.45) is 0 Å². The van der Waals surface area contributed by atoms with Crippen molar-refractivity contribution in [2.75, 3.05) is 23.7 Å². The maximum Gasteiger partial charge on any atom is 0.243 e. The van der Waals surface area contributed by atoms with Gasteiger partial charge in [-0.2, -0.15) is 0 Å². The number of ether oxygens (including phenoxy) is 1. The number of halogens is 1. The Morgan fingerprint density at radius 2 is 1.79 bits per heavy atom. The first kappa shape index (κ1) is 22.0. The second kappa shape index (κ2) is 9.30. The minimum Gasteiger partial charge on any atom is -0.492 e. The van der Waals surface area contributed by atoms with Gasteiger partial charge < -0.3 is 10.1 Å². The van der Waals surface area contributed by atoms with Crippen LogP contribution in [0.4, 0.5) is 5.69 Å². The smallest absolute Gasteiger partial charge is 0.243 e. The van der Waals surface area contributed by atoms with E-state index in [9.17, 15) is 13.2 Å². The molecule has 0 aliphatic carbocycles. The largest absolute Gasteiger partial charge is 0.492 e. The molecule has 1 N–H and O–H groups in total. The Balaban J connectivity index is 2.01. The molecule has 1 amide bonds. The van der Waals surface area contributed by atoms with Crippen molar-refractivity contribution in [3.63, 3.8) is 0 Å². The minimum absolute atomic E-state index is 0.246. The van der Waals surface area contributed by atoms with Gasteiger partial charge in [0.1, 0.15) is 18.4 Å². The summed E-state index contributed by atoms with van der Waals surface area (Å²) in [5, 5.41) is 3.33. The Labute approximate surface area is 171 Å². The summed E-state index contributed by atoms with van der Waals surface area (Å²) in [5.74, 6) is 0.239. The molecule has 152 valence electrons. The normalized spacial score (nSPS) is 12.3.